The first-order valence-electron chi connectivity index (χ1n) is 11.6. The van der Waals surface area contributed by atoms with Gasteiger partial charge in [0.15, 0.2) is 5.58 Å². The summed E-state index contributed by atoms with van der Waals surface area (Å²) in [5.41, 5.74) is 7.39. The molecule has 1 N–H and O–H groups in total. The van der Waals surface area contributed by atoms with E-state index < -0.39 is 5.97 Å². The molecule has 2 aliphatic rings. The fraction of sp³-hybridized carbons (Fsp3) is 0.250. The summed E-state index contributed by atoms with van der Waals surface area (Å²) < 4.78 is 6.18. The van der Waals surface area contributed by atoms with Crippen LogP contribution in [0.4, 0.5) is 0 Å². The molecule has 6 nitrogen and oxygen atoms in total. The van der Waals surface area contributed by atoms with Gasteiger partial charge in [0.1, 0.15) is 17.1 Å². The van der Waals surface area contributed by atoms with Crippen LogP contribution in [0.2, 0.25) is 5.02 Å². The van der Waals surface area contributed by atoms with E-state index in [0.29, 0.717) is 46.2 Å². The molecule has 1 fully saturated rings. The SMILES string of the molecule is Cc1ccccc1-c1cccc(-c2nc3cc4c(c(C#N)c3o2)CC[C@@H]4N2CC(C(=O)O)C2)c1Cl. The zero-order chi connectivity index (χ0) is 24.3. The number of aromatic nitrogens is 1. The Kier molecular flexibility index (Phi) is 5.14. The van der Waals surface area contributed by atoms with E-state index in [1.807, 2.05) is 55.5 Å². The molecule has 1 aliphatic heterocycles. The highest BCUT2D eigenvalue weighted by molar-refractivity contribution is 6.36. The second-order valence-corrected chi connectivity index (χ2v) is 9.70. The van der Waals surface area contributed by atoms with E-state index in [0.717, 1.165) is 40.7 Å². The third kappa shape index (κ3) is 3.43. The Morgan fingerprint density at radius 2 is 1.91 bits per heavy atom. The Morgan fingerprint density at radius 1 is 1.17 bits per heavy atom. The van der Waals surface area contributed by atoms with Crippen molar-refractivity contribution < 1.29 is 14.3 Å². The third-order valence-electron chi connectivity index (χ3n) is 7.33. The van der Waals surface area contributed by atoms with Crippen LogP contribution < -0.4 is 0 Å². The lowest BCUT2D eigenvalue weighted by Gasteiger charge is -2.41. The molecule has 4 aromatic rings. The lowest BCUT2D eigenvalue weighted by atomic mass is 9.94. The second-order valence-electron chi connectivity index (χ2n) is 9.32. The topological polar surface area (TPSA) is 90.4 Å². The molecule has 2 heterocycles. The number of aliphatic carboxylic acids is 1. The smallest absolute Gasteiger partial charge is 0.309 e. The minimum absolute atomic E-state index is 0.102. The summed E-state index contributed by atoms with van der Waals surface area (Å²) in [6.07, 6.45) is 1.62. The third-order valence-corrected chi connectivity index (χ3v) is 7.73. The first-order chi connectivity index (χ1) is 17.0. The zero-order valence-electron chi connectivity index (χ0n) is 19.1. The maximum atomic E-state index is 11.3. The Labute approximate surface area is 207 Å². The average Bonchev–Trinajstić information content (AvgIpc) is 3.41. The van der Waals surface area contributed by atoms with Gasteiger partial charge in [0, 0.05) is 24.7 Å². The number of nitriles is 1. The average molecular weight is 484 g/mol. The van der Waals surface area contributed by atoms with Crippen molar-refractivity contribution in [2.24, 2.45) is 5.92 Å². The predicted octanol–water partition coefficient (Wildman–Crippen LogP) is 6.00. The highest BCUT2D eigenvalue weighted by atomic mass is 35.5. The summed E-state index contributed by atoms with van der Waals surface area (Å²) in [7, 11) is 0. The quantitative estimate of drug-likeness (QED) is 0.383. The number of rotatable bonds is 4. The summed E-state index contributed by atoms with van der Waals surface area (Å²) in [5, 5.41) is 19.8. The van der Waals surface area contributed by atoms with Crippen LogP contribution in [-0.2, 0) is 11.2 Å². The van der Waals surface area contributed by atoms with Crippen LogP contribution in [0.3, 0.4) is 0 Å². The van der Waals surface area contributed by atoms with Gasteiger partial charge in [0.2, 0.25) is 5.89 Å². The van der Waals surface area contributed by atoms with Crippen LogP contribution >= 0.6 is 11.6 Å². The van der Waals surface area contributed by atoms with Crippen molar-refractivity contribution >= 4 is 28.7 Å². The second kappa shape index (κ2) is 8.23. The number of carboxylic acid groups (broad SMARTS) is 1. The molecule has 1 saturated heterocycles. The molecule has 3 aromatic carbocycles. The molecule has 6 rings (SSSR count). The van der Waals surface area contributed by atoms with Crippen LogP contribution in [-0.4, -0.2) is 34.0 Å². The van der Waals surface area contributed by atoms with Gasteiger partial charge in [-0.25, -0.2) is 4.98 Å². The number of hydrogen-bond acceptors (Lipinski definition) is 5. The van der Waals surface area contributed by atoms with Gasteiger partial charge < -0.3 is 9.52 Å². The highest BCUT2D eigenvalue weighted by Crippen LogP contribution is 2.44. The standard InChI is InChI=1S/C28H22ClN3O3/c1-15-5-2-3-6-17(15)19-7-4-8-20(25(19)29)27-31-23-11-21-18(22(12-30)26(23)35-27)9-10-24(21)32-13-16(14-32)28(33)34/h2-8,11,16,24H,9-10,13-14H2,1H3,(H,33,34)/t24-/m0/s1. The number of nitrogens with zero attached hydrogens (tertiary/aromatic N) is 3. The number of likely N-dealkylation sites (tertiary alicyclic amines) is 1. The van der Waals surface area contributed by atoms with E-state index in [9.17, 15) is 15.2 Å². The molecule has 7 heteroatoms. The van der Waals surface area contributed by atoms with Gasteiger partial charge in [-0.15, -0.1) is 0 Å². The summed E-state index contributed by atoms with van der Waals surface area (Å²) in [4.78, 5) is 18.2. The highest BCUT2D eigenvalue weighted by Gasteiger charge is 2.40. The molecule has 0 bridgehead atoms. The summed E-state index contributed by atoms with van der Waals surface area (Å²) in [5.74, 6) is -0.690. The van der Waals surface area contributed by atoms with Crippen molar-refractivity contribution in [3.05, 3.63) is 75.8 Å². The number of carboxylic acids is 1. The van der Waals surface area contributed by atoms with Gasteiger partial charge >= 0.3 is 5.97 Å². The van der Waals surface area contributed by atoms with E-state index in [4.69, 9.17) is 21.0 Å². The summed E-state index contributed by atoms with van der Waals surface area (Å²) in [6, 6.07) is 18.3. The van der Waals surface area contributed by atoms with Crippen molar-refractivity contribution in [3.63, 3.8) is 0 Å². The number of benzene rings is 3. The Balaban J connectivity index is 1.43. The predicted molar refractivity (Wildman–Crippen MR) is 133 cm³/mol. The van der Waals surface area contributed by atoms with Crippen molar-refractivity contribution in [2.45, 2.75) is 25.8 Å². The Bertz CT molecular complexity index is 1550. The van der Waals surface area contributed by atoms with E-state index in [-0.39, 0.29) is 12.0 Å². The van der Waals surface area contributed by atoms with Crippen LogP contribution in [0.5, 0.6) is 0 Å². The van der Waals surface area contributed by atoms with Gasteiger partial charge in [0.25, 0.3) is 0 Å². The molecule has 35 heavy (non-hydrogen) atoms. The molecule has 1 aliphatic carbocycles. The lowest BCUT2D eigenvalue weighted by molar-refractivity contribution is -0.148. The van der Waals surface area contributed by atoms with Gasteiger partial charge in [-0.1, -0.05) is 48.0 Å². The lowest BCUT2D eigenvalue weighted by Crippen LogP contribution is -2.51. The van der Waals surface area contributed by atoms with Crippen LogP contribution in [0.15, 0.2) is 52.9 Å². The number of oxazole rings is 1. The van der Waals surface area contributed by atoms with Gasteiger partial charge in [-0.3, -0.25) is 9.69 Å². The normalized spacial score (nSPS) is 17.8. The fourth-order valence-electron chi connectivity index (χ4n) is 5.44. The first-order valence-corrected chi connectivity index (χ1v) is 12.0. The molecule has 1 atom stereocenters. The maximum absolute atomic E-state index is 11.3. The number of aryl methyl sites for hydroxylation is 1. The minimum atomic E-state index is -0.751. The fourth-order valence-corrected chi connectivity index (χ4v) is 5.75. The first kappa shape index (κ1) is 21.8. The minimum Gasteiger partial charge on any atom is -0.481 e. The van der Waals surface area contributed by atoms with E-state index in [2.05, 4.69) is 11.0 Å². The van der Waals surface area contributed by atoms with Gasteiger partial charge in [-0.05, 0) is 54.2 Å². The van der Waals surface area contributed by atoms with Crippen LogP contribution in [0, 0.1) is 24.2 Å². The van der Waals surface area contributed by atoms with Crippen molar-refractivity contribution in [3.8, 4) is 28.7 Å². The molecular formula is C28H22ClN3O3. The van der Waals surface area contributed by atoms with Gasteiger partial charge in [-0.2, -0.15) is 5.26 Å². The van der Waals surface area contributed by atoms with Crippen LogP contribution in [0.1, 0.15) is 34.7 Å². The summed E-state index contributed by atoms with van der Waals surface area (Å²) in [6.45, 7) is 3.11. The monoisotopic (exact) mass is 483 g/mol. The van der Waals surface area contributed by atoms with Crippen molar-refractivity contribution in [2.75, 3.05) is 13.1 Å². The maximum Gasteiger partial charge on any atom is 0.309 e. The summed E-state index contributed by atoms with van der Waals surface area (Å²) >= 11 is 6.86. The van der Waals surface area contributed by atoms with Crippen molar-refractivity contribution in [1.82, 2.24) is 9.88 Å². The number of hydrogen-bond donors (Lipinski definition) is 1. The van der Waals surface area contributed by atoms with E-state index in [1.165, 1.54) is 0 Å². The molecule has 0 unspecified atom stereocenters. The Hall–Kier alpha value is -3.66. The van der Waals surface area contributed by atoms with E-state index in [1.54, 1.807) is 0 Å². The molecule has 0 radical (unpaired) electrons. The number of fused-ring (bicyclic) bond motifs is 2. The van der Waals surface area contributed by atoms with Crippen molar-refractivity contribution in [1.29, 1.82) is 5.26 Å². The van der Waals surface area contributed by atoms with E-state index >= 15 is 0 Å². The van der Waals surface area contributed by atoms with Crippen LogP contribution in [0.25, 0.3) is 33.7 Å². The van der Waals surface area contributed by atoms with Gasteiger partial charge in [0.05, 0.1) is 16.5 Å². The largest absolute Gasteiger partial charge is 0.481 e. The molecular weight excluding hydrogens is 462 g/mol. The molecule has 0 saturated carbocycles. The number of carbonyl (C=O) groups is 1. The molecule has 0 spiro atoms. The molecule has 1 aromatic heterocycles. The Morgan fingerprint density at radius 3 is 2.66 bits per heavy atom. The zero-order valence-corrected chi connectivity index (χ0v) is 19.8. The molecule has 0 amide bonds. The number of halogens is 1. The molecule has 174 valence electrons.